The van der Waals surface area contributed by atoms with Gasteiger partial charge in [-0.15, -0.1) is 0 Å². The molecule has 0 aliphatic carbocycles. The Balaban J connectivity index is 1.37. The standard InChI is InChI=1S/C20H21N5O2/c26-19(23-15-7-5-14(6-8-15)17-9-11-22-24-17)10-12-25-13-21-18-4-2-1-3-16(18)20(25)27/h1-8,13,17,22,24H,9-12H2,(H,23,26). The topological polar surface area (TPSA) is 88.0 Å². The normalized spacial score (nSPS) is 16.5. The Morgan fingerprint density at radius 2 is 2.00 bits per heavy atom. The molecule has 2 heterocycles. The van der Waals surface area contributed by atoms with Gasteiger partial charge >= 0.3 is 0 Å². The molecular weight excluding hydrogens is 342 g/mol. The minimum absolute atomic E-state index is 0.129. The summed E-state index contributed by atoms with van der Waals surface area (Å²) in [5, 5.41) is 3.44. The number of carbonyl (C=O) groups excluding carboxylic acids is 1. The SMILES string of the molecule is O=C(CCn1cnc2ccccc2c1=O)Nc1ccc(C2CCNN2)cc1. The average molecular weight is 363 g/mol. The van der Waals surface area contributed by atoms with Crippen molar-refractivity contribution < 1.29 is 4.79 Å². The number of hydrogen-bond acceptors (Lipinski definition) is 5. The molecule has 1 unspecified atom stereocenters. The summed E-state index contributed by atoms with van der Waals surface area (Å²) in [4.78, 5) is 28.9. The highest BCUT2D eigenvalue weighted by molar-refractivity contribution is 5.90. The molecule has 1 fully saturated rings. The van der Waals surface area contributed by atoms with Gasteiger partial charge in [0.1, 0.15) is 0 Å². The summed E-state index contributed by atoms with van der Waals surface area (Å²) in [5.74, 6) is -0.136. The zero-order valence-electron chi connectivity index (χ0n) is 14.8. The number of para-hydroxylation sites is 1. The highest BCUT2D eigenvalue weighted by Crippen LogP contribution is 2.20. The van der Waals surface area contributed by atoms with Gasteiger partial charge in [-0.25, -0.2) is 4.98 Å². The van der Waals surface area contributed by atoms with E-state index in [9.17, 15) is 9.59 Å². The quantitative estimate of drug-likeness (QED) is 0.645. The minimum atomic E-state index is -0.136. The first-order valence-electron chi connectivity index (χ1n) is 9.03. The van der Waals surface area contributed by atoms with Gasteiger partial charge in [0.05, 0.1) is 17.2 Å². The lowest BCUT2D eigenvalue weighted by Gasteiger charge is -2.11. The summed E-state index contributed by atoms with van der Waals surface area (Å²) < 4.78 is 1.48. The molecule has 2 aromatic carbocycles. The second kappa shape index (κ2) is 7.69. The van der Waals surface area contributed by atoms with E-state index < -0.39 is 0 Å². The van der Waals surface area contributed by atoms with Crippen LogP contribution in [0.2, 0.25) is 0 Å². The molecule has 0 saturated carbocycles. The van der Waals surface area contributed by atoms with Crippen molar-refractivity contribution in [1.82, 2.24) is 20.4 Å². The van der Waals surface area contributed by atoms with E-state index in [2.05, 4.69) is 21.2 Å². The Morgan fingerprint density at radius 1 is 1.19 bits per heavy atom. The van der Waals surface area contributed by atoms with Gasteiger partial charge in [-0.3, -0.25) is 25.0 Å². The van der Waals surface area contributed by atoms with Gasteiger partial charge in [-0.2, -0.15) is 0 Å². The van der Waals surface area contributed by atoms with E-state index in [1.807, 2.05) is 36.4 Å². The molecule has 1 aliphatic rings. The van der Waals surface area contributed by atoms with Crippen molar-refractivity contribution >= 4 is 22.5 Å². The maximum Gasteiger partial charge on any atom is 0.261 e. The third-order valence-corrected chi connectivity index (χ3v) is 4.74. The summed E-state index contributed by atoms with van der Waals surface area (Å²) in [6.07, 6.45) is 2.74. The Bertz CT molecular complexity index is 1010. The van der Waals surface area contributed by atoms with E-state index in [1.165, 1.54) is 16.5 Å². The van der Waals surface area contributed by atoms with E-state index in [0.29, 0.717) is 16.9 Å². The molecule has 0 radical (unpaired) electrons. The van der Waals surface area contributed by atoms with Crippen molar-refractivity contribution in [3.05, 3.63) is 70.8 Å². The van der Waals surface area contributed by atoms with Gasteiger partial charge in [0.15, 0.2) is 0 Å². The molecular formula is C20H21N5O2. The predicted molar refractivity (Wildman–Crippen MR) is 104 cm³/mol. The van der Waals surface area contributed by atoms with Crippen LogP contribution in [-0.4, -0.2) is 22.0 Å². The number of hydrazine groups is 1. The molecule has 27 heavy (non-hydrogen) atoms. The molecule has 1 atom stereocenters. The van der Waals surface area contributed by atoms with Crippen LogP contribution in [0, 0.1) is 0 Å². The van der Waals surface area contributed by atoms with Gasteiger partial charge in [0.25, 0.3) is 5.56 Å². The molecule has 0 bridgehead atoms. The first kappa shape index (κ1) is 17.4. The number of amides is 1. The monoisotopic (exact) mass is 363 g/mol. The van der Waals surface area contributed by atoms with Crippen LogP contribution in [-0.2, 0) is 11.3 Å². The van der Waals surface area contributed by atoms with Crippen molar-refractivity contribution in [2.24, 2.45) is 0 Å². The number of fused-ring (bicyclic) bond motifs is 1. The molecule has 4 rings (SSSR count). The van der Waals surface area contributed by atoms with Crippen LogP contribution in [0.1, 0.15) is 24.4 Å². The lowest BCUT2D eigenvalue weighted by Crippen LogP contribution is -2.24. The zero-order chi connectivity index (χ0) is 18.6. The molecule has 1 amide bonds. The molecule has 1 aliphatic heterocycles. The number of hydrogen-bond donors (Lipinski definition) is 3. The Kier molecular flexibility index (Phi) is 4.95. The maximum atomic E-state index is 12.4. The van der Waals surface area contributed by atoms with E-state index in [0.717, 1.165) is 18.7 Å². The van der Waals surface area contributed by atoms with Crippen LogP contribution >= 0.6 is 0 Å². The predicted octanol–water partition coefficient (Wildman–Crippen LogP) is 1.96. The summed E-state index contributed by atoms with van der Waals surface area (Å²) in [7, 11) is 0. The van der Waals surface area contributed by atoms with Crippen LogP contribution in [0.15, 0.2) is 59.7 Å². The van der Waals surface area contributed by atoms with Crippen LogP contribution in [0.25, 0.3) is 10.9 Å². The number of aryl methyl sites for hydroxylation is 1. The van der Waals surface area contributed by atoms with Crippen LogP contribution in [0.4, 0.5) is 5.69 Å². The number of anilines is 1. The summed E-state index contributed by atoms with van der Waals surface area (Å²) in [6.45, 7) is 1.24. The van der Waals surface area contributed by atoms with Gasteiger partial charge in [0, 0.05) is 31.2 Å². The molecule has 3 aromatic rings. The van der Waals surface area contributed by atoms with Crippen molar-refractivity contribution in [2.45, 2.75) is 25.4 Å². The van der Waals surface area contributed by atoms with E-state index in [1.54, 1.807) is 12.1 Å². The largest absolute Gasteiger partial charge is 0.326 e. The van der Waals surface area contributed by atoms with Crippen molar-refractivity contribution in [3.63, 3.8) is 0 Å². The second-order valence-corrected chi connectivity index (χ2v) is 6.59. The number of nitrogens with zero attached hydrogens (tertiary/aromatic N) is 2. The Labute approximate surface area is 156 Å². The van der Waals surface area contributed by atoms with Crippen molar-refractivity contribution in [2.75, 3.05) is 11.9 Å². The fourth-order valence-corrected chi connectivity index (χ4v) is 3.24. The number of rotatable bonds is 5. The van der Waals surface area contributed by atoms with Crippen molar-refractivity contribution in [3.8, 4) is 0 Å². The molecule has 138 valence electrons. The first-order valence-corrected chi connectivity index (χ1v) is 9.03. The van der Waals surface area contributed by atoms with E-state index >= 15 is 0 Å². The highest BCUT2D eigenvalue weighted by atomic mass is 16.1. The fraction of sp³-hybridized carbons (Fsp3) is 0.250. The zero-order valence-corrected chi connectivity index (χ0v) is 14.8. The molecule has 7 nitrogen and oxygen atoms in total. The smallest absolute Gasteiger partial charge is 0.261 e. The van der Waals surface area contributed by atoms with E-state index in [-0.39, 0.29) is 24.4 Å². The van der Waals surface area contributed by atoms with Crippen LogP contribution in [0.3, 0.4) is 0 Å². The summed E-state index contributed by atoms with van der Waals surface area (Å²) >= 11 is 0. The van der Waals surface area contributed by atoms with Crippen LogP contribution in [0.5, 0.6) is 0 Å². The van der Waals surface area contributed by atoms with Gasteiger partial charge < -0.3 is 5.32 Å². The van der Waals surface area contributed by atoms with Gasteiger partial charge in [0.2, 0.25) is 5.91 Å². The minimum Gasteiger partial charge on any atom is -0.326 e. The first-order chi connectivity index (χ1) is 13.2. The second-order valence-electron chi connectivity index (χ2n) is 6.59. The van der Waals surface area contributed by atoms with Gasteiger partial charge in [-0.05, 0) is 36.2 Å². The number of nitrogens with one attached hydrogen (secondary N) is 3. The van der Waals surface area contributed by atoms with Gasteiger partial charge in [-0.1, -0.05) is 24.3 Å². The Hall–Kier alpha value is -3.03. The summed E-state index contributed by atoms with van der Waals surface area (Å²) in [6, 6.07) is 15.3. The molecule has 7 heteroatoms. The number of carbonyl (C=O) groups is 1. The fourth-order valence-electron chi connectivity index (χ4n) is 3.24. The molecule has 1 saturated heterocycles. The highest BCUT2D eigenvalue weighted by Gasteiger charge is 2.15. The maximum absolute atomic E-state index is 12.4. The third kappa shape index (κ3) is 3.89. The molecule has 0 spiro atoms. The molecule has 3 N–H and O–H groups in total. The Morgan fingerprint density at radius 3 is 2.78 bits per heavy atom. The third-order valence-electron chi connectivity index (χ3n) is 4.74. The van der Waals surface area contributed by atoms with Crippen LogP contribution < -0.4 is 21.7 Å². The van der Waals surface area contributed by atoms with E-state index in [4.69, 9.17) is 0 Å². The van der Waals surface area contributed by atoms with Crippen molar-refractivity contribution in [1.29, 1.82) is 0 Å². The lowest BCUT2D eigenvalue weighted by molar-refractivity contribution is -0.116. The molecule has 1 aromatic heterocycles. The average Bonchev–Trinajstić information content (AvgIpc) is 3.23. The number of benzene rings is 2. The summed E-state index contributed by atoms with van der Waals surface area (Å²) in [5.41, 5.74) is 8.80. The number of aromatic nitrogens is 2. The lowest BCUT2D eigenvalue weighted by atomic mass is 10.1.